The molecule has 0 radical (unpaired) electrons. The van der Waals surface area contributed by atoms with Crippen molar-refractivity contribution in [3.63, 3.8) is 0 Å². The monoisotopic (exact) mass is 270 g/mol. The summed E-state index contributed by atoms with van der Waals surface area (Å²) in [6.45, 7) is 0. The summed E-state index contributed by atoms with van der Waals surface area (Å²) in [4.78, 5) is 11.7. The van der Waals surface area contributed by atoms with E-state index < -0.39 is 17.7 Å². The average molecular weight is 270 g/mol. The van der Waals surface area contributed by atoms with Gasteiger partial charge in [0, 0.05) is 6.04 Å². The number of aliphatic hydroxyl groups is 1. The molecule has 0 saturated heterocycles. The van der Waals surface area contributed by atoms with Gasteiger partial charge < -0.3 is 15.7 Å². The molecule has 19 heavy (non-hydrogen) atoms. The molecule has 104 valence electrons. The van der Waals surface area contributed by atoms with Gasteiger partial charge in [-0.1, -0.05) is 6.07 Å². The highest BCUT2D eigenvalue weighted by atomic mass is 19.2. The molecule has 0 heterocycles. The van der Waals surface area contributed by atoms with Gasteiger partial charge >= 0.3 is 6.03 Å². The average Bonchev–Trinajstić information content (AvgIpc) is 2.38. The molecule has 4 nitrogen and oxygen atoms in total. The Morgan fingerprint density at radius 3 is 2.58 bits per heavy atom. The van der Waals surface area contributed by atoms with Gasteiger partial charge in [-0.25, -0.2) is 13.6 Å². The lowest BCUT2D eigenvalue weighted by Crippen LogP contribution is -2.41. The first-order valence-corrected chi connectivity index (χ1v) is 6.26. The second-order valence-corrected chi connectivity index (χ2v) is 4.71. The number of amides is 2. The van der Waals surface area contributed by atoms with Crippen molar-refractivity contribution in [2.75, 3.05) is 5.32 Å². The summed E-state index contributed by atoms with van der Waals surface area (Å²) in [5.41, 5.74) is -0.187. The van der Waals surface area contributed by atoms with Crippen molar-refractivity contribution < 1.29 is 18.7 Å². The first-order valence-electron chi connectivity index (χ1n) is 6.26. The second kappa shape index (κ2) is 5.97. The minimum Gasteiger partial charge on any atom is -0.393 e. The summed E-state index contributed by atoms with van der Waals surface area (Å²) >= 11 is 0. The predicted octanol–water partition coefficient (Wildman–Crippen LogP) is 2.39. The van der Waals surface area contributed by atoms with E-state index in [1.165, 1.54) is 12.1 Å². The van der Waals surface area contributed by atoms with Crippen molar-refractivity contribution in [1.29, 1.82) is 0 Å². The number of hydrogen-bond acceptors (Lipinski definition) is 2. The first-order chi connectivity index (χ1) is 9.06. The molecular weight excluding hydrogens is 254 g/mol. The summed E-state index contributed by atoms with van der Waals surface area (Å²) in [5.74, 6) is -2.07. The zero-order valence-electron chi connectivity index (χ0n) is 10.3. The van der Waals surface area contributed by atoms with Crippen molar-refractivity contribution in [3.05, 3.63) is 29.8 Å². The fourth-order valence-electron chi connectivity index (χ4n) is 2.16. The van der Waals surface area contributed by atoms with Crippen molar-refractivity contribution >= 4 is 11.7 Å². The van der Waals surface area contributed by atoms with Crippen LogP contribution in [-0.2, 0) is 0 Å². The van der Waals surface area contributed by atoms with Gasteiger partial charge in [0.2, 0.25) is 0 Å². The molecular formula is C13H16F2N2O2. The molecule has 1 aliphatic rings. The van der Waals surface area contributed by atoms with Crippen LogP contribution in [0.3, 0.4) is 0 Å². The number of urea groups is 1. The maximum Gasteiger partial charge on any atom is 0.319 e. The number of benzene rings is 1. The number of carbonyl (C=O) groups is 1. The van der Waals surface area contributed by atoms with Gasteiger partial charge in [0.25, 0.3) is 0 Å². The lowest BCUT2D eigenvalue weighted by atomic mass is 9.93. The van der Waals surface area contributed by atoms with Gasteiger partial charge in [0.15, 0.2) is 11.6 Å². The SMILES string of the molecule is O=C(Nc1cccc(F)c1F)NC1CCC(O)CC1. The quantitative estimate of drug-likeness (QED) is 0.772. The summed E-state index contributed by atoms with van der Waals surface area (Å²) in [6, 6.07) is 3.00. The fraction of sp³-hybridized carbons (Fsp3) is 0.462. The van der Waals surface area contributed by atoms with E-state index in [0.29, 0.717) is 25.7 Å². The Morgan fingerprint density at radius 2 is 1.89 bits per heavy atom. The standard InChI is InChI=1S/C13H16F2N2O2/c14-10-2-1-3-11(12(10)15)17-13(19)16-8-4-6-9(18)7-5-8/h1-3,8-9,18H,4-7H2,(H2,16,17,19). The molecule has 0 unspecified atom stereocenters. The van der Waals surface area contributed by atoms with Gasteiger partial charge in [-0.3, -0.25) is 0 Å². The van der Waals surface area contributed by atoms with Gasteiger partial charge in [0.05, 0.1) is 11.8 Å². The molecule has 6 heteroatoms. The van der Waals surface area contributed by atoms with Crippen LogP contribution in [0.15, 0.2) is 18.2 Å². The van der Waals surface area contributed by atoms with E-state index >= 15 is 0 Å². The molecule has 0 atom stereocenters. The molecule has 0 aromatic heterocycles. The van der Waals surface area contributed by atoms with E-state index in [9.17, 15) is 18.7 Å². The van der Waals surface area contributed by atoms with Gasteiger partial charge in [-0.05, 0) is 37.8 Å². The van der Waals surface area contributed by atoms with E-state index in [-0.39, 0.29) is 17.8 Å². The topological polar surface area (TPSA) is 61.4 Å². The first kappa shape index (κ1) is 13.7. The van der Waals surface area contributed by atoms with Crippen molar-refractivity contribution in [1.82, 2.24) is 5.32 Å². The minimum absolute atomic E-state index is 0.0416. The number of hydrogen-bond donors (Lipinski definition) is 3. The molecule has 2 rings (SSSR count). The van der Waals surface area contributed by atoms with E-state index in [1.807, 2.05) is 0 Å². The molecule has 1 fully saturated rings. The Hall–Kier alpha value is -1.69. The lowest BCUT2D eigenvalue weighted by molar-refractivity contribution is 0.118. The van der Waals surface area contributed by atoms with Crippen LogP contribution in [0.4, 0.5) is 19.3 Å². The Balaban J connectivity index is 1.89. The normalized spacial score (nSPS) is 22.9. The van der Waals surface area contributed by atoms with E-state index in [4.69, 9.17) is 0 Å². The number of carbonyl (C=O) groups excluding carboxylic acids is 1. The summed E-state index contributed by atoms with van der Waals surface area (Å²) < 4.78 is 26.3. The Morgan fingerprint density at radius 1 is 1.21 bits per heavy atom. The fourth-order valence-corrected chi connectivity index (χ4v) is 2.16. The smallest absolute Gasteiger partial charge is 0.319 e. The Bertz CT molecular complexity index is 460. The minimum atomic E-state index is -1.07. The van der Waals surface area contributed by atoms with E-state index in [2.05, 4.69) is 10.6 Å². The zero-order valence-corrected chi connectivity index (χ0v) is 10.3. The van der Waals surface area contributed by atoms with Crippen LogP contribution in [0.1, 0.15) is 25.7 Å². The number of aliphatic hydroxyl groups excluding tert-OH is 1. The maximum absolute atomic E-state index is 13.3. The van der Waals surface area contributed by atoms with Gasteiger partial charge in [-0.15, -0.1) is 0 Å². The Labute approximate surface area is 109 Å². The number of rotatable bonds is 2. The van der Waals surface area contributed by atoms with Gasteiger partial charge in [-0.2, -0.15) is 0 Å². The molecule has 1 saturated carbocycles. The zero-order chi connectivity index (χ0) is 13.8. The number of nitrogens with one attached hydrogen (secondary N) is 2. The third kappa shape index (κ3) is 3.64. The van der Waals surface area contributed by atoms with E-state index in [1.54, 1.807) is 0 Å². The summed E-state index contributed by atoms with van der Waals surface area (Å²) in [6.07, 6.45) is 2.33. The van der Waals surface area contributed by atoms with Crippen LogP contribution in [0.2, 0.25) is 0 Å². The third-order valence-corrected chi connectivity index (χ3v) is 3.23. The van der Waals surface area contributed by atoms with Crippen LogP contribution >= 0.6 is 0 Å². The highest BCUT2D eigenvalue weighted by molar-refractivity contribution is 5.89. The van der Waals surface area contributed by atoms with Crippen LogP contribution in [0.25, 0.3) is 0 Å². The van der Waals surface area contributed by atoms with Crippen LogP contribution in [0, 0.1) is 11.6 Å². The van der Waals surface area contributed by atoms with Crippen LogP contribution in [0.5, 0.6) is 0 Å². The molecule has 2 amide bonds. The van der Waals surface area contributed by atoms with Crippen LogP contribution < -0.4 is 10.6 Å². The van der Waals surface area contributed by atoms with Crippen molar-refractivity contribution in [2.24, 2.45) is 0 Å². The number of anilines is 1. The predicted molar refractivity (Wildman–Crippen MR) is 66.8 cm³/mol. The molecule has 3 N–H and O–H groups in total. The highest BCUT2D eigenvalue weighted by Gasteiger charge is 2.21. The second-order valence-electron chi connectivity index (χ2n) is 4.71. The molecule has 1 aliphatic carbocycles. The summed E-state index contributed by atoms with van der Waals surface area (Å²) in [5, 5.41) is 14.3. The maximum atomic E-state index is 13.3. The number of halogens is 2. The third-order valence-electron chi connectivity index (χ3n) is 3.23. The highest BCUT2D eigenvalue weighted by Crippen LogP contribution is 2.19. The molecule has 1 aromatic carbocycles. The summed E-state index contributed by atoms with van der Waals surface area (Å²) in [7, 11) is 0. The molecule has 0 spiro atoms. The van der Waals surface area contributed by atoms with Crippen molar-refractivity contribution in [3.8, 4) is 0 Å². The largest absolute Gasteiger partial charge is 0.393 e. The molecule has 1 aromatic rings. The Kier molecular flexibility index (Phi) is 4.31. The van der Waals surface area contributed by atoms with Gasteiger partial charge in [0.1, 0.15) is 0 Å². The van der Waals surface area contributed by atoms with Crippen LogP contribution in [-0.4, -0.2) is 23.3 Å². The molecule has 0 aliphatic heterocycles. The molecule has 0 bridgehead atoms. The lowest BCUT2D eigenvalue weighted by Gasteiger charge is -2.26. The van der Waals surface area contributed by atoms with Crippen molar-refractivity contribution in [2.45, 2.75) is 37.8 Å². The van der Waals surface area contributed by atoms with E-state index in [0.717, 1.165) is 6.07 Å².